The normalized spacial score (nSPS) is 17.3. The number of hydrogen-bond acceptors (Lipinski definition) is 5. The maximum atomic E-state index is 8.98. The van der Waals surface area contributed by atoms with Crippen LogP contribution < -0.4 is 10.2 Å². The topological polar surface area (TPSA) is 64.8 Å². The van der Waals surface area contributed by atoms with Gasteiger partial charge in [-0.15, -0.1) is 0 Å². The number of aromatic nitrogens is 2. The Balaban J connectivity index is 1.57. The lowest BCUT2D eigenvalue weighted by Crippen LogP contribution is -2.23. The van der Waals surface area contributed by atoms with Gasteiger partial charge < -0.3 is 10.2 Å². The van der Waals surface area contributed by atoms with Crippen molar-refractivity contribution in [3.63, 3.8) is 0 Å². The van der Waals surface area contributed by atoms with Crippen molar-refractivity contribution in [2.75, 3.05) is 29.9 Å². The van der Waals surface area contributed by atoms with Gasteiger partial charge in [0.05, 0.1) is 11.6 Å². The Kier molecular flexibility index (Phi) is 4.19. The first kappa shape index (κ1) is 14.3. The van der Waals surface area contributed by atoms with Gasteiger partial charge in [-0.1, -0.05) is 6.07 Å². The summed E-state index contributed by atoms with van der Waals surface area (Å²) in [5, 5.41) is 12.4. The molecule has 22 heavy (non-hydrogen) atoms. The molecular weight excluding hydrogens is 274 g/mol. The summed E-state index contributed by atoms with van der Waals surface area (Å²) >= 11 is 0. The molecule has 2 aromatic heterocycles. The van der Waals surface area contributed by atoms with Gasteiger partial charge in [-0.2, -0.15) is 5.26 Å². The molecule has 0 aliphatic carbocycles. The highest BCUT2D eigenvalue weighted by molar-refractivity contribution is 5.46. The summed E-state index contributed by atoms with van der Waals surface area (Å²) < 4.78 is 0. The Labute approximate surface area is 130 Å². The minimum Gasteiger partial charge on any atom is -0.370 e. The molecule has 1 N–H and O–H groups in total. The third-order valence-electron chi connectivity index (χ3n) is 3.94. The van der Waals surface area contributed by atoms with Crippen LogP contribution in [0.2, 0.25) is 0 Å². The summed E-state index contributed by atoms with van der Waals surface area (Å²) in [6.45, 7) is 4.84. The van der Waals surface area contributed by atoms with E-state index in [0.29, 0.717) is 11.5 Å². The number of anilines is 2. The van der Waals surface area contributed by atoms with Crippen molar-refractivity contribution in [1.29, 1.82) is 5.26 Å². The highest BCUT2D eigenvalue weighted by atomic mass is 15.2. The molecule has 0 spiro atoms. The number of pyridine rings is 2. The van der Waals surface area contributed by atoms with E-state index in [1.807, 2.05) is 31.2 Å². The van der Waals surface area contributed by atoms with E-state index in [2.05, 4.69) is 26.3 Å². The van der Waals surface area contributed by atoms with Gasteiger partial charge in [-0.3, -0.25) is 0 Å². The average Bonchev–Trinajstić information content (AvgIpc) is 3.02. The molecule has 112 valence electrons. The molecule has 1 saturated heterocycles. The van der Waals surface area contributed by atoms with E-state index >= 15 is 0 Å². The van der Waals surface area contributed by atoms with Crippen molar-refractivity contribution < 1.29 is 0 Å². The second-order valence-corrected chi connectivity index (χ2v) is 5.66. The first-order chi connectivity index (χ1) is 10.7. The van der Waals surface area contributed by atoms with Crippen LogP contribution >= 0.6 is 0 Å². The molecule has 1 unspecified atom stereocenters. The third-order valence-corrected chi connectivity index (χ3v) is 3.94. The van der Waals surface area contributed by atoms with Crippen LogP contribution in [-0.2, 0) is 0 Å². The summed E-state index contributed by atoms with van der Waals surface area (Å²) in [7, 11) is 0. The average molecular weight is 293 g/mol. The van der Waals surface area contributed by atoms with E-state index in [-0.39, 0.29) is 0 Å². The quantitative estimate of drug-likeness (QED) is 0.938. The second-order valence-electron chi connectivity index (χ2n) is 5.66. The maximum Gasteiger partial charge on any atom is 0.129 e. The van der Waals surface area contributed by atoms with Gasteiger partial charge in [0.1, 0.15) is 11.6 Å². The summed E-state index contributed by atoms with van der Waals surface area (Å²) in [5.74, 6) is 2.40. The molecule has 1 atom stereocenters. The summed E-state index contributed by atoms with van der Waals surface area (Å²) in [6.07, 6.45) is 2.83. The number of aryl methyl sites for hydroxylation is 1. The fourth-order valence-electron chi connectivity index (χ4n) is 2.76. The molecule has 3 rings (SSSR count). The Hall–Kier alpha value is -2.61. The van der Waals surface area contributed by atoms with Gasteiger partial charge >= 0.3 is 0 Å². The molecule has 0 radical (unpaired) electrons. The first-order valence-corrected chi connectivity index (χ1v) is 7.53. The maximum absolute atomic E-state index is 8.98. The van der Waals surface area contributed by atoms with Crippen LogP contribution in [-0.4, -0.2) is 29.6 Å². The molecule has 0 amide bonds. The van der Waals surface area contributed by atoms with Crippen molar-refractivity contribution >= 4 is 11.6 Å². The van der Waals surface area contributed by atoms with E-state index < -0.39 is 0 Å². The monoisotopic (exact) mass is 293 g/mol. The predicted molar refractivity (Wildman–Crippen MR) is 86.7 cm³/mol. The van der Waals surface area contributed by atoms with Crippen molar-refractivity contribution in [1.82, 2.24) is 9.97 Å². The van der Waals surface area contributed by atoms with Crippen LogP contribution in [0.15, 0.2) is 36.5 Å². The molecule has 0 saturated carbocycles. The minimum absolute atomic E-state index is 0.565. The fourth-order valence-corrected chi connectivity index (χ4v) is 2.76. The van der Waals surface area contributed by atoms with Gasteiger partial charge in [0, 0.05) is 31.5 Å². The smallest absolute Gasteiger partial charge is 0.129 e. The molecule has 1 fully saturated rings. The minimum atomic E-state index is 0.565. The molecule has 5 heteroatoms. The van der Waals surface area contributed by atoms with Gasteiger partial charge in [-0.25, -0.2) is 9.97 Å². The fraction of sp³-hybridized carbons (Fsp3) is 0.353. The SMILES string of the molecule is Cc1cccc(NCC2CCN(c3cc(C#N)ccn3)C2)n1. The third kappa shape index (κ3) is 3.34. The molecule has 0 aromatic carbocycles. The van der Waals surface area contributed by atoms with E-state index in [0.717, 1.165) is 43.4 Å². The second kappa shape index (κ2) is 6.44. The molecule has 3 heterocycles. The van der Waals surface area contributed by atoms with Crippen molar-refractivity contribution in [3.05, 3.63) is 47.8 Å². The van der Waals surface area contributed by atoms with Gasteiger partial charge in [0.25, 0.3) is 0 Å². The zero-order valence-corrected chi connectivity index (χ0v) is 12.7. The molecule has 5 nitrogen and oxygen atoms in total. The zero-order valence-electron chi connectivity index (χ0n) is 12.7. The molecule has 1 aliphatic rings. The number of nitrogens with one attached hydrogen (secondary N) is 1. The largest absolute Gasteiger partial charge is 0.370 e. The van der Waals surface area contributed by atoms with Gasteiger partial charge in [-0.05, 0) is 43.5 Å². The van der Waals surface area contributed by atoms with E-state index in [4.69, 9.17) is 5.26 Å². The van der Waals surface area contributed by atoms with Crippen molar-refractivity contribution in [2.24, 2.45) is 5.92 Å². The Bertz CT molecular complexity index is 691. The Morgan fingerprint density at radius 2 is 2.32 bits per heavy atom. The van der Waals surface area contributed by atoms with Gasteiger partial charge in [0.2, 0.25) is 0 Å². The van der Waals surface area contributed by atoms with Crippen molar-refractivity contribution in [3.8, 4) is 6.07 Å². The molecule has 2 aromatic rings. The van der Waals surface area contributed by atoms with E-state index in [1.165, 1.54) is 0 Å². The lowest BCUT2D eigenvalue weighted by atomic mass is 10.1. The highest BCUT2D eigenvalue weighted by Crippen LogP contribution is 2.23. The van der Waals surface area contributed by atoms with Crippen LogP contribution in [0.25, 0.3) is 0 Å². The molecular formula is C17H19N5. The number of hydrogen-bond donors (Lipinski definition) is 1. The summed E-state index contributed by atoms with van der Waals surface area (Å²) in [6, 6.07) is 11.8. The van der Waals surface area contributed by atoms with Gasteiger partial charge in [0.15, 0.2) is 0 Å². The zero-order chi connectivity index (χ0) is 15.4. The van der Waals surface area contributed by atoms with Crippen molar-refractivity contribution in [2.45, 2.75) is 13.3 Å². The lowest BCUT2D eigenvalue weighted by molar-refractivity contribution is 0.620. The number of nitriles is 1. The Morgan fingerprint density at radius 3 is 3.14 bits per heavy atom. The van der Waals surface area contributed by atoms with Crippen LogP contribution in [0.4, 0.5) is 11.6 Å². The van der Waals surface area contributed by atoms with E-state index in [9.17, 15) is 0 Å². The Morgan fingerprint density at radius 1 is 1.41 bits per heavy atom. The van der Waals surface area contributed by atoms with E-state index in [1.54, 1.807) is 12.3 Å². The summed E-state index contributed by atoms with van der Waals surface area (Å²) in [5.41, 5.74) is 1.69. The standard InChI is InChI=1S/C17H19N5/c1-13-3-2-4-16(21-13)20-11-15-6-8-22(12-15)17-9-14(10-18)5-7-19-17/h2-5,7,9,15H,6,8,11-12H2,1H3,(H,20,21). The summed E-state index contributed by atoms with van der Waals surface area (Å²) in [4.78, 5) is 11.1. The van der Waals surface area contributed by atoms with Crippen LogP contribution in [0.3, 0.4) is 0 Å². The lowest BCUT2D eigenvalue weighted by Gasteiger charge is -2.18. The predicted octanol–water partition coefficient (Wildman–Crippen LogP) is 2.60. The first-order valence-electron chi connectivity index (χ1n) is 7.53. The van der Waals surface area contributed by atoms with Crippen LogP contribution in [0.1, 0.15) is 17.7 Å². The highest BCUT2D eigenvalue weighted by Gasteiger charge is 2.23. The number of rotatable bonds is 4. The molecule has 1 aliphatic heterocycles. The van der Waals surface area contributed by atoms with Crippen LogP contribution in [0.5, 0.6) is 0 Å². The van der Waals surface area contributed by atoms with Crippen LogP contribution in [0, 0.1) is 24.2 Å². The number of nitrogens with zero attached hydrogens (tertiary/aromatic N) is 4. The molecule has 0 bridgehead atoms.